The lowest BCUT2D eigenvalue weighted by molar-refractivity contribution is 0.0916. The van der Waals surface area contributed by atoms with Gasteiger partial charge in [-0.15, -0.1) is 0 Å². The van der Waals surface area contributed by atoms with Crippen LogP contribution >= 0.6 is 0 Å². The summed E-state index contributed by atoms with van der Waals surface area (Å²) in [5.74, 6) is -0.159. The summed E-state index contributed by atoms with van der Waals surface area (Å²) in [5, 5.41) is 12.8. The van der Waals surface area contributed by atoms with E-state index in [0.29, 0.717) is 5.56 Å². The fourth-order valence-corrected chi connectivity index (χ4v) is 2.35. The molecule has 122 valence electrons. The molecule has 0 saturated carbocycles. The summed E-state index contributed by atoms with van der Waals surface area (Å²) in [6.07, 6.45) is 0.744. The molecule has 1 unspecified atom stereocenters. The van der Waals surface area contributed by atoms with Gasteiger partial charge in [-0.05, 0) is 35.9 Å². The molecule has 4 nitrogen and oxygen atoms in total. The van der Waals surface area contributed by atoms with Crippen LogP contribution in [0.1, 0.15) is 22.0 Å². The summed E-state index contributed by atoms with van der Waals surface area (Å²) in [4.78, 5) is 11.9. The Morgan fingerprint density at radius 1 is 1.12 bits per heavy atom. The van der Waals surface area contributed by atoms with E-state index in [2.05, 4.69) is 5.32 Å². The van der Waals surface area contributed by atoms with Crippen LogP contribution in [0.5, 0.6) is 0 Å². The van der Waals surface area contributed by atoms with E-state index >= 15 is 0 Å². The zero-order chi connectivity index (χ0) is 16.9. The smallest absolute Gasteiger partial charge is 0.251 e. The second-order valence-electron chi connectivity index (χ2n) is 5.34. The summed E-state index contributed by atoms with van der Waals surface area (Å²) in [7, 11) is 0. The molecule has 1 amide bonds. The zero-order valence-corrected chi connectivity index (χ0v) is 12.8. The highest BCUT2D eigenvalue weighted by Gasteiger charge is 2.12. The topological polar surface area (TPSA) is 62.5 Å². The zero-order valence-electron chi connectivity index (χ0n) is 12.8. The molecule has 0 aliphatic carbocycles. The molecule has 3 rings (SSSR count). The Labute approximate surface area is 138 Å². The van der Waals surface area contributed by atoms with Gasteiger partial charge in [0, 0.05) is 17.7 Å². The van der Waals surface area contributed by atoms with E-state index in [9.17, 15) is 14.3 Å². The van der Waals surface area contributed by atoms with Gasteiger partial charge in [0.15, 0.2) is 0 Å². The summed E-state index contributed by atoms with van der Waals surface area (Å²) >= 11 is 0. The van der Waals surface area contributed by atoms with Crippen molar-refractivity contribution < 1.29 is 18.7 Å². The molecule has 1 aromatic heterocycles. The Bertz CT molecular complexity index is 813. The van der Waals surface area contributed by atoms with Crippen LogP contribution < -0.4 is 5.32 Å². The molecule has 0 bridgehead atoms. The van der Waals surface area contributed by atoms with E-state index in [4.69, 9.17) is 4.42 Å². The van der Waals surface area contributed by atoms with Crippen molar-refractivity contribution in [2.45, 2.75) is 6.10 Å². The number of rotatable bonds is 5. The Morgan fingerprint density at radius 2 is 1.92 bits per heavy atom. The lowest BCUT2D eigenvalue weighted by Gasteiger charge is -2.13. The van der Waals surface area contributed by atoms with Gasteiger partial charge in [0.1, 0.15) is 11.6 Å². The number of carbonyl (C=O) groups excluding carboxylic acids is 1. The number of benzene rings is 2. The van der Waals surface area contributed by atoms with Crippen molar-refractivity contribution in [2.75, 3.05) is 6.54 Å². The van der Waals surface area contributed by atoms with Crippen LogP contribution in [0.2, 0.25) is 0 Å². The largest absolute Gasteiger partial charge is 0.464 e. The summed E-state index contributed by atoms with van der Waals surface area (Å²) in [6, 6.07) is 16.3. The average Bonchev–Trinajstić information content (AvgIpc) is 3.14. The van der Waals surface area contributed by atoms with Crippen LogP contribution in [0.4, 0.5) is 4.39 Å². The first kappa shape index (κ1) is 16.0. The number of amides is 1. The standard InChI is InChI=1S/C19H16FNO3/c20-16-4-1-3-15(11-16)19(23)21-12-17(22)13-6-8-14(9-7-13)18-5-2-10-24-18/h1-11,17,22H,12H2,(H,21,23). The number of hydrogen-bond donors (Lipinski definition) is 2. The highest BCUT2D eigenvalue weighted by Crippen LogP contribution is 2.22. The van der Waals surface area contributed by atoms with Crippen LogP contribution in [-0.4, -0.2) is 17.6 Å². The van der Waals surface area contributed by atoms with Crippen molar-refractivity contribution in [1.29, 1.82) is 0 Å². The lowest BCUT2D eigenvalue weighted by Crippen LogP contribution is -2.28. The van der Waals surface area contributed by atoms with Crippen LogP contribution in [0.25, 0.3) is 11.3 Å². The van der Waals surface area contributed by atoms with Gasteiger partial charge in [-0.3, -0.25) is 4.79 Å². The molecule has 3 aromatic rings. The fourth-order valence-electron chi connectivity index (χ4n) is 2.35. The third-order valence-corrected chi connectivity index (χ3v) is 3.64. The molecule has 1 heterocycles. The van der Waals surface area contributed by atoms with Gasteiger partial charge >= 0.3 is 0 Å². The molecule has 0 aliphatic rings. The first-order chi connectivity index (χ1) is 11.6. The second kappa shape index (κ2) is 7.10. The summed E-state index contributed by atoms with van der Waals surface area (Å²) in [6.45, 7) is 0.0371. The highest BCUT2D eigenvalue weighted by atomic mass is 19.1. The number of aliphatic hydroxyl groups excluding tert-OH is 1. The number of nitrogens with one attached hydrogen (secondary N) is 1. The molecule has 0 aliphatic heterocycles. The van der Waals surface area contributed by atoms with Crippen LogP contribution in [0.3, 0.4) is 0 Å². The molecular weight excluding hydrogens is 309 g/mol. The molecular formula is C19H16FNO3. The van der Waals surface area contributed by atoms with Crippen molar-refractivity contribution in [1.82, 2.24) is 5.32 Å². The highest BCUT2D eigenvalue weighted by molar-refractivity contribution is 5.94. The minimum absolute atomic E-state index is 0.0371. The number of aliphatic hydroxyl groups is 1. The minimum Gasteiger partial charge on any atom is -0.464 e. The molecule has 5 heteroatoms. The van der Waals surface area contributed by atoms with Crippen LogP contribution in [0.15, 0.2) is 71.3 Å². The molecule has 2 aromatic carbocycles. The van der Waals surface area contributed by atoms with E-state index in [1.807, 2.05) is 18.2 Å². The number of halogens is 1. The maximum absolute atomic E-state index is 13.1. The van der Waals surface area contributed by atoms with Crippen molar-refractivity contribution in [3.63, 3.8) is 0 Å². The average molecular weight is 325 g/mol. The van der Waals surface area contributed by atoms with Crippen LogP contribution in [-0.2, 0) is 0 Å². The Balaban J connectivity index is 1.60. The number of carbonyl (C=O) groups is 1. The SMILES string of the molecule is O=C(NCC(O)c1ccc(-c2ccco2)cc1)c1cccc(F)c1. The fraction of sp³-hybridized carbons (Fsp3) is 0.105. The minimum atomic E-state index is -0.854. The molecule has 2 N–H and O–H groups in total. The summed E-state index contributed by atoms with van der Waals surface area (Å²) in [5.41, 5.74) is 1.79. The van der Waals surface area contributed by atoms with Gasteiger partial charge in [0.25, 0.3) is 5.91 Å². The third-order valence-electron chi connectivity index (χ3n) is 3.64. The molecule has 0 fully saturated rings. The Morgan fingerprint density at radius 3 is 2.58 bits per heavy atom. The number of furan rings is 1. The quantitative estimate of drug-likeness (QED) is 0.754. The van der Waals surface area contributed by atoms with Crippen molar-refractivity contribution in [2.24, 2.45) is 0 Å². The van der Waals surface area contributed by atoms with E-state index in [1.165, 1.54) is 18.2 Å². The lowest BCUT2D eigenvalue weighted by atomic mass is 10.1. The molecule has 1 atom stereocenters. The Hall–Kier alpha value is -2.92. The third kappa shape index (κ3) is 3.70. The molecule has 0 spiro atoms. The monoisotopic (exact) mass is 325 g/mol. The molecule has 0 radical (unpaired) electrons. The van der Waals surface area contributed by atoms with E-state index in [-0.39, 0.29) is 12.1 Å². The molecule has 0 saturated heterocycles. The van der Waals surface area contributed by atoms with Gasteiger partial charge in [-0.1, -0.05) is 30.3 Å². The number of hydrogen-bond acceptors (Lipinski definition) is 3. The normalized spacial score (nSPS) is 11.9. The van der Waals surface area contributed by atoms with Crippen molar-refractivity contribution in [3.05, 3.63) is 83.9 Å². The molecule has 24 heavy (non-hydrogen) atoms. The maximum atomic E-state index is 13.1. The van der Waals surface area contributed by atoms with Gasteiger partial charge in [0.2, 0.25) is 0 Å². The first-order valence-electron chi connectivity index (χ1n) is 7.49. The van der Waals surface area contributed by atoms with E-state index < -0.39 is 17.8 Å². The van der Waals surface area contributed by atoms with Crippen LogP contribution in [0, 0.1) is 5.82 Å². The van der Waals surface area contributed by atoms with Crippen molar-refractivity contribution in [3.8, 4) is 11.3 Å². The predicted octanol–water partition coefficient (Wildman–Crippen LogP) is 3.55. The van der Waals surface area contributed by atoms with Gasteiger partial charge in [-0.2, -0.15) is 0 Å². The second-order valence-corrected chi connectivity index (χ2v) is 5.34. The maximum Gasteiger partial charge on any atom is 0.251 e. The summed E-state index contributed by atoms with van der Waals surface area (Å²) < 4.78 is 18.4. The first-order valence-corrected chi connectivity index (χ1v) is 7.49. The van der Waals surface area contributed by atoms with E-state index in [0.717, 1.165) is 17.4 Å². The van der Waals surface area contributed by atoms with Gasteiger partial charge in [-0.25, -0.2) is 4.39 Å². The van der Waals surface area contributed by atoms with Gasteiger partial charge in [0.05, 0.1) is 12.4 Å². The predicted molar refractivity (Wildman–Crippen MR) is 87.8 cm³/mol. The van der Waals surface area contributed by atoms with Crippen molar-refractivity contribution >= 4 is 5.91 Å². The Kier molecular flexibility index (Phi) is 4.72. The van der Waals surface area contributed by atoms with E-state index in [1.54, 1.807) is 24.5 Å². The van der Waals surface area contributed by atoms with Gasteiger partial charge < -0.3 is 14.8 Å².